The van der Waals surface area contributed by atoms with Crippen LogP contribution in [0.5, 0.6) is 0 Å². The van der Waals surface area contributed by atoms with Gasteiger partial charge in [0.05, 0.1) is 10.5 Å². The van der Waals surface area contributed by atoms with Crippen molar-refractivity contribution in [1.82, 2.24) is 9.47 Å². The van der Waals surface area contributed by atoms with E-state index in [-0.39, 0.29) is 9.88 Å². The number of thioether (sulfide) groups is 1. The van der Waals surface area contributed by atoms with E-state index in [9.17, 15) is 14.4 Å². The highest BCUT2D eigenvalue weighted by molar-refractivity contribution is 8.26. The highest BCUT2D eigenvalue weighted by Crippen LogP contribution is 2.33. The third-order valence-corrected chi connectivity index (χ3v) is 5.67. The topological polar surface area (TPSA) is 99.8 Å². The van der Waals surface area contributed by atoms with E-state index in [1.165, 1.54) is 12.1 Å². The molecule has 28 heavy (non-hydrogen) atoms. The zero-order valence-corrected chi connectivity index (χ0v) is 16.6. The maximum Gasteiger partial charge on any atom is 0.335 e. The van der Waals surface area contributed by atoms with E-state index in [1.807, 2.05) is 24.5 Å². The average molecular weight is 416 g/mol. The number of carbonyl (C=O) groups excluding carboxylic acids is 1. The molecule has 1 saturated heterocycles. The Morgan fingerprint density at radius 2 is 1.82 bits per heavy atom. The molecule has 0 atom stereocenters. The minimum absolute atomic E-state index is 0.202. The number of aromatic carboxylic acids is 1. The lowest BCUT2D eigenvalue weighted by Gasteiger charge is -2.10. The summed E-state index contributed by atoms with van der Waals surface area (Å²) in [6.07, 6.45) is 1.70. The van der Waals surface area contributed by atoms with Crippen LogP contribution < -0.4 is 0 Å². The van der Waals surface area contributed by atoms with Crippen LogP contribution in [-0.4, -0.2) is 48.4 Å². The van der Waals surface area contributed by atoms with Crippen molar-refractivity contribution in [2.75, 3.05) is 6.54 Å². The van der Waals surface area contributed by atoms with Gasteiger partial charge in [-0.05, 0) is 55.8 Å². The average Bonchev–Trinajstić information content (AvgIpc) is 3.05. The molecule has 0 aliphatic carbocycles. The lowest BCUT2D eigenvalue weighted by atomic mass is 10.2. The number of nitrogens with zero attached hydrogens (tertiary/aromatic N) is 2. The summed E-state index contributed by atoms with van der Waals surface area (Å²) in [7, 11) is 0. The third-order valence-electron chi connectivity index (χ3n) is 4.30. The molecule has 0 unspecified atom stereocenters. The van der Waals surface area contributed by atoms with Crippen LogP contribution in [0.4, 0.5) is 0 Å². The van der Waals surface area contributed by atoms with Gasteiger partial charge in [-0.3, -0.25) is 14.5 Å². The number of benzene rings is 1. The van der Waals surface area contributed by atoms with Crippen LogP contribution in [0, 0.1) is 13.8 Å². The number of carbonyl (C=O) groups is 3. The van der Waals surface area contributed by atoms with E-state index >= 15 is 0 Å². The van der Waals surface area contributed by atoms with Gasteiger partial charge in [0.2, 0.25) is 0 Å². The van der Waals surface area contributed by atoms with Gasteiger partial charge in [0.1, 0.15) is 10.9 Å². The minimum Gasteiger partial charge on any atom is -0.480 e. The van der Waals surface area contributed by atoms with Crippen molar-refractivity contribution in [2.45, 2.75) is 13.8 Å². The lowest BCUT2D eigenvalue weighted by Crippen LogP contribution is -2.33. The SMILES string of the molecule is Cc1cc(/C=C2\SC(=S)N(CC(=O)O)C2=O)c(C)n1-c1ccc(C(=O)O)cc1. The van der Waals surface area contributed by atoms with Crippen LogP contribution in [0.25, 0.3) is 11.8 Å². The summed E-state index contributed by atoms with van der Waals surface area (Å²) >= 11 is 6.19. The molecule has 7 nitrogen and oxygen atoms in total. The van der Waals surface area contributed by atoms with Crippen LogP contribution in [0.2, 0.25) is 0 Å². The summed E-state index contributed by atoms with van der Waals surface area (Å²) in [6.45, 7) is 3.34. The molecule has 1 amide bonds. The molecular weight excluding hydrogens is 400 g/mol. The van der Waals surface area contributed by atoms with Gasteiger partial charge in [-0.15, -0.1) is 0 Å². The fourth-order valence-electron chi connectivity index (χ4n) is 3.00. The molecule has 9 heteroatoms. The van der Waals surface area contributed by atoms with Gasteiger partial charge in [0.15, 0.2) is 0 Å². The zero-order valence-electron chi connectivity index (χ0n) is 15.0. The molecule has 3 rings (SSSR count). The van der Waals surface area contributed by atoms with Crippen molar-refractivity contribution < 1.29 is 24.6 Å². The summed E-state index contributed by atoms with van der Waals surface area (Å²) in [5.74, 6) is -2.54. The van der Waals surface area contributed by atoms with E-state index in [4.69, 9.17) is 22.4 Å². The Labute approximate surface area is 170 Å². The van der Waals surface area contributed by atoms with Crippen molar-refractivity contribution >= 4 is 52.2 Å². The molecule has 144 valence electrons. The number of hydrogen-bond acceptors (Lipinski definition) is 5. The van der Waals surface area contributed by atoms with E-state index < -0.39 is 24.4 Å². The predicted octanol–water partition coefficient (Wildman–Crippen LogP) is 3.08. The quantitative estimate of drug-likeness (QED) is 0.571. The Kier molecular flexibility index (Phi) is 5.39. The van der Waals surface area contributed by atoms with Crippen LogP contribution >= 0.6 is 24.0 Å². The first-order chi connectivity index (χ1) is 13.2. The summed E-state index contributed by atoms with van der Waals surface area (Å²) < 4.78 is 2.17. The molecule has 1 aliphatic heterocycles. The molecule has 0 bridgehead atoms. The summed E-state index contributed by atoms with van der Waals surface area (Å²) in [5, 5.41) is 18.0. The van der Waals surface area contributed by atoms with Gasteiger partial charge in [-0.25, -0.2) is 4.79 Å². The van der Waals surface area contributed by atoms with Crippen molar-refractivity contribution in [1.29, 1.82) is 0 Å². The summed E-state index contributed by atoms with van der Waals surface area (Å²) in [5.41, 5.74) is 3.58. The van der Waals surface area contributed by atoms with E-state index in [2.05, 4.69) is 0 Å². The van der Waals surface area contributed by atoms with Crippen molar-refractivity contribution in [3.63, 3.8) is 0 Å². The number of rotatable bonds is 5. The second kappa shape index (κ2) is 7.61. The highest BCUT2D eigenvalue weighted by atomic mass is 32.2. The Bertz CT molecular complexity index is 1040. The van der Waals surface area contributed by atoms with E-state index in [0.717, 1.165) is 39.3 Å². The normalized spacial score (nSPS) is 15.5. The minimum atomic E-state index is -1.12. The van der Waals surface area contributed by atoms with Crippen LogP contribution in [0.15, 0.2) is 35.2 Å². The smallest absolute Gasteiger partial charge is 0.335 e. The predicted molar refractivity (Wildman–Crippen MR) is 110 cm³/mol. The fraction of sp³-hybridized carbons (Fsp3) is 0.158. The third kappa shape index (κ3) is 3.71. The molecule has 1 fully saturated rings. The molecule has 2 N–H and O–H groups in total. The molecule has 2 aromatic rings. The van der Waals surface area contributed by atoms with Crippen molar-refractivity contribution in [3.8, 4) is 5.69 Å². The second-order valence-electron chi connectivity index (χ2n) is 6.18. The second-order valence-corrected chi connectivity index (χ2v) is 7.85. The number of aliphatic carboxylic acids is 1. The molecular formula is C19H16N2O5S2. The first kappa shape index (κ1) is 19.8. The highest BCUT2D eigenvalue weighted by Gasteiger charge is 2.33. The maximum absolute atomic E-state index is 12.5. The van der Waals surface area contributed by atoms with Crippen LogP contribution in [-0.2, 0) is 9.59 Å². The number of carboxylic acid groups (broad SMARTS) is 2. The van der Waals surface area contributed by atoms with E-state index in [1.54, 1.807) is 18.2 Å². The van der Waals surface area contributed by atoms with Crippen molar-refractivity contribution in [3.05, 3.63) is 57.8 Å². The Hall–Kier alpha value is -2.91. The largest absolute Gasteiger partial charge is 0.480 e. The first-order valence-electron chi connectivity index (χ1n) is 8.19. The molecule has 0 saturated carbocycles. The number of amides is 1. The molecule has 1 aliphatic rings. The fourth-order valence-corrected chi connectivity index (χ4v) is 4.24. The number of aromatic nitrogens is 1. The van der Waals surface area contributed by atoms with Gasteiger partial charge in [0.25, 0.3) is 5.91 Å². The molecule has 0 spiro atoms. The number of thiocarbonyl (C=S) groups is 1. The number of aryl methyl sites for hydroxylation is 1. The van der Waals surface area contributed by atoms with Gasteiger partial charge in [0, 0.05) is 17.1 Å². The maximum atomic E-state index is 12.5. The standard InChI is InChI=1S/C19H16N2O5S2/c1-10-7-13(8-15-17(24)20(9-16(22)23)19(27)28-15)11(2)21(10)14-5-3-12(4-6-14)18(25)26/h3-8H,9H2,1-2H3,(H,22,23)(H,25,26)/b15-8-. The number of carboxylic acids is 2. The van der Waals surface area contributed by atoms with Crippen molar-refractivity contribution in [2.24, 2.45) is 0 Å². The molecule has 2 heterocycles. The van der Waals surface area contributed by atoms with Gasteiger partial charge in [-0.1, -0.05) is 24.0 Å². The molecule has 1 aromatic carbocycles. The first-order valence-corrected chi connectivity index (χ1v) is 9.41. The lowest BCUT2D eigenvalue weighted by molar-refractivity contribution is -0.140. The summed E-state index contributed by atoms with van der Waals surface area (Å²) in [4.78, 5) is 35.8. The summed E-state index contributed by atoms with van der Waals surface area (Å²) in [6, 6.07) is 8.42. The van der Waals surface area contributed by atoms with Gasteiger partial charge < -0.3 is 14.8 Å². The molecule has 0 radical (unpaired) electrons. The Morgan fingerprint density at radius 1 is 1.18 bits per heavy atom. The zero-order chi connectivity index (χ0) is 20.6. The van der Waals surface area contributed by atoms with Crippen LogP contribution in [0.3, 0.4) is 0 Å². The van der Waals surface area contributed by atoms with Crippen LogP contribution in [0.1, 0.15) is 27.3 Å². The van der Waals surface area contributed by atoms with Gasteiger partial charge in [-0.2, -0.15) is 0 Å². The monoisotopic (exact) mass is 416 g/mol. The molecule has 1 aromatic heterocycles. The van der Waals surface area contributed by atoms with E-state index in [0.29, 0.717) is 4.91 Å². The number of hydrogen-bond donors (Lipinski definition) is 2. The van der Waals surface area contributed by atoms with Gasteiger partial charge >= 0.3 is 11.9 Å². The Morgan fingerprint density at radius 3 is 2.39 bits per heavy atom. The Balaban J connectivity index is 1.95.